The van der Waals surface area contributed by atoms with Gasteiger partial charge in [0.05, 0.1) is 39.6 Å². The van der Waals surface area contributed by atoms with Gasteiger partial charge in [0.1, 0.15) is 22.7 Å². The minimum atomic E-state index is -1.65. The monoisotopic (exact) mass is 426 g/mol. The van der Waals surface area contributed by atoms with Crippen LogP contribution in [0.2, 0.25) is 0 Å². The van der Waals surface area contributed by atoms with E-state index >= 15 is 0 Å². The summed E-state index contributed by atoms with van der Waals surface area (Å²) in [6.45, 7) is 4.76. The summed E-state index contributed by atoms with van der Waals surface area (Å²) in [6.07, 6.45) is 3.34. The number of methoxy groups -OCH3 is 2. The van der Waals surface area contributed by atoms with E-state index in [2.05, 4.69) is 17.1 Å². The molecule has 8 heteroatoms. The molecule has 31 heavy (non-hydrogen) atoms. The molecule has 3 unspecified atom stereocenters. The average molecular weight is 427 g/mol. The van der Waals surface area contributed by atoms with Crippen molar-refractivity contribution < 1.29 is 18.9 Å². The molecule has 8 nitrogen and oxygen atoms in total. The van der Waals surface area contributed by atoms with Gasteiger partial charge in [-0.3, -0.25) is 0 Å². The van der Waals surface area contributed by atoms with Crippen LogP contribution in [0.3, 0.4) is 0 Å². The molecule has 1 saturated carbocycles. The first-order chi connectivity index (χ1) is 15.0. The molecule has 166 valence electrons. The molecular weight excluding hydrogens is 396 g/mol. The lowest BCUT2D eigenvalue weighted by Gasteiger charge is -2.33. The molecule has 2 N–H and O–H groups in total. The number of amidine groups is 1. The standard InChI is InChI=1S/C23H30N4O4/c1-5-7-11-30-23(31-12-8-6-2)22(15-25)19(21(22,14-24)20(26)27-23)17-13-16(28-3)9-10-18(17)29-4/h9-10,13,19H,5-8,11-12H2,1-4H3,(H2,26,27). The van der Waals surface area contributed by atoms with Gasteiger partial charge >= 0.3 is 0 Å². The summed E-state index contributed by atoms with van der Waals surface area (Å²) in [7, 11) is 3.10. The molecular formula is C23H30N4O4. The number of nitriles is 2. The second kappa shape index (κ2) is 8.74. The van der Waals surface area contributed by atoms with Gasteiger partial charge in [0.15, 0.2) is 5.41 Å². The highest BCUT2D eigenvalue weighted by molar-refractivity contribution is 6.00. The molecule has 3 rings (SSSR count). The van der Waals surface area contributed by atoms with E-state index in [0.29, 0.717) is 30.3 Å². The van der Waals surface area contributed by atoms with Crippen LogP contribution in [0.15, 0.2) is 23.2 Å². The number of ether oxygens (including phenoxy) is 4. The Morgan fingerprint density at radius 2 is 1.68 bits per heavy atom. The quantitative estimate of drug-likeness (QED) is 0.424. The summed E-state index contributed by atoms with van der Waals surface area (Å²) in [5.74, 6) is -1.11. The molecule has 0 radical (unpaired) electrons. The molecule has 1 aliphatic carbocycles. The normalized spacial score (nSPS) is 27.5. The predicted octanol–water partition coefficient (Wildman–Crippen LogP) is 3.48. The molecule has 1 fully saturated rings. The maximum atomic E-state index is 10.5. The molecule has 0 amide bonds. The van der Waals surface area contributed by atoms with Gasteiger partial charge in [-0.1, -0.05) is 26.7 Å². The van der Waals surface area contributed by atoms with Crippen LogP contribution in [-0.2, 0) is 9.47 Å². The van der Waals surface area contributed by atoms with Gasteiger partial charge in [0.25, 0.3) is 5.91 Å². The van der Waals surface area contributed by atoms with Crippen LogP contribution in [0.1, 0.15) is 51.0 Å². The van der Waals surface area contributed by atoms with Gasteiger partial charge < -0.3 is 24.7 Å². The lowest BCUT2D eigenvalue weighted by molar-refractivity contribution is -0.260. The first-order valence-corrected chi connectivity index (χ1v) is 10.7. The van der Waals surface area contributed by atoms with Crippen molar-refractivity contribution in [2.75, 3.05) is 27.4 Å². The summed E-state index contributed by atoms with van der Waals surface area (Å²) in [5.41, 5.74) is 4.18. The van der Waals surface area contributed by atoms with E-state index in [0.717, 1.165) is 25.7 Å². The molecule has 0 spiro atoms. The molecule has 2 aliphatic rings. The van der Waals surface area contributed by atoms with Crippen LogP contribution in [-0.4, -0.2) is 39.2 Å². The molecule has 3 atom stereocenters. The lowest BCUT2D eigenvalue weighted by atomic mass is 9.93. The van der Waals surface area contributed by atoms with Crippen LogP contribution in [0.5, 0.6) is 11.5 Å². The van der Waals surface area contributed by atoms with Crippen molar-refractivity contribution in [1.29, 1.82) is 10.5 Å². The van der Waals surface area contributed by atoms with Crippen LogP contribution in [0.4, 0.5) is 0 Å². The van der Waals surface area contributed by atoms with E-state index in [1.54, 1.807) is 32.4 Å². The molecule has 1 aromatic carbocycles. The summed E-state index contributed by atoms with van der Waals surface area (Å²) < 4.78 is 23.3. The zero-order valence-electron chi connectivity index (χ0n) is 18.6. The van der Waals surface area contributed by atoms with E-state index in [4.69, 9.17) is 24.7 Å². The van der Waals surface area contributed by atoms with E-state index < -0.39 is 22.7 Å². The zero-order valence-corrected chi connectivity index (χ0v) is 18.6. The maximum absolute atomic E-state index is 10.5. The SMILES string of the molecule is CCCCOC1(OCCCC)N=C(N)C2(C#N)C(c3cc(OC)ccc3OC)C12C#N. The number of hydrogen-bond donors (Lipinski definition) is 1. The Hall–Kier alpha value is -2.81. The first kappa shape index (κ1) is 22.9. The van der Waals surface area contributed by atoms with Gasteiger partial charge in [-0.15, -0.1) is 0 Å². The lowest BCUT2D eigenvalue weighted by Crippen LogP contribution is -2.44. The molecule has 0 saturated heterocycles. The van der Waals surface area contributed by atoms with Crippen molar-refractivity contribution in [2.45, 2.75) is 51.4 Å². The van der Waals surface area contributed by atoms with Gasteiger partial charge in [-0.2, -0.15) is 10.5 Å². The van der Waals surface area contributed by atoms with Gasteiger partial charge in [0.2, 0.25) is 0 Å². The fourth-order valence-electron chi connectivity index (χ4n) is 4.60. The van der Waals surface area contributed by atoms with Crippen LogP contribution < -0.4 is 15.2 Å². The van der Waals surface area contributed by atoms with E-state index in [-0.39, 0.29) is 5.84 Å². The number of fused-ring (bicyclic) bond motifs is 1. The second-order valence-corrected chi connectivity index (χ2v) is 7.86. The van der Waals surface area contributed by atoms with Crippen molar-refractivity contribution in [3.63, 3.8) is 0 Å². The van der Waals surface area contributed by atoms with Gasteiger partial charge in [-0.25, -0.2) is 4.99 Å². The predicted molar refractivity (Wildman–Crippen MR) is 114 cm³/mol. The number of nitrogens with zero attached hydrogens (tertiary/aromatic N) is 3. The Kier molecular flexibility index (Phi) is 6.45. The second-order valence-electron chi connectivity index (χ2n) is 7.86. The highest BCUT2D eigenvalue weighted by Gasteiger charge is 2.94. The van der Waals surface area contributed by atoms with E-state index in [1.807, 2.05) is 13.8 Å². The molecule has 1 aliphatic heterocycles. The smallest absolute Gasteiger partial charge is 0.293 e. The third-order valence-corrected chi connectivity index (χ3v) is 6.27. The third-order valence-electron chi connectivity index (χ3n) is 6.27. The van der Waals surface area contributed by atoms with Crippen molar-refractivity contribution in [3.8, 4) is 23.6 Å². The van der Waals surface area contributed by atoms with Crippen LogP contribution in [0.25, 0.3) is 0 Å². The fourth-order valence-corrected chi connectivity index (χ4v) is 4.60. The van der Waals surface area contributed by atoms with Gasteiger partial charge in [-0.05, 0) is 31.0 Å². The number of rotatable bonds is 11. The number of nitrogens with two attached hydrogens (primary N) is 1. The van der Waals surface area contributed by atoms with Crippen molar-refractivity contribution in [1.82, 2.24) is 0 Å². The topological polar surface area (TPSA) is 123 Å². The summed E-state index contributed by atoms with van der Waals surface area (Å²) >= 11 is 0. The highest BCUT2D eigenvalue weighted by Crippen LogP contribution is 2.82. The van der Waals surface area contributed by atoms with Crippen molar-refractivity contribution in [3.05, 3.63) is 23.8 Å². The summed E-state index contributed by atoms with van der Waals surface area (Å²) in [5, 5.41) is 20.8. The Morgan fingerprint density at radius 3 is 2.16 bits per heavy atom. The highest BCUT2D eigenvalue weighted by atomic mass is 16.7. The van der Waals surface area contributed by atoms with Crippen molar-refractivity contribution in [2.24, 2.45) is 21.6 Å². The average Bonchev–Trinajstić information content (AvgIpc) is 3.37. The Morgan fingerprint density at radius 1 is 1.03 bits per heavy atom. The van der Waals surface area contributed by atoms with Crippen LogP contribution >= 0.6 is 0 Å². The Balaban J connectivity index is 2.17. The van der Waals surface area contributed by atoms with E-state index in [9.17, 15) is 10.5 Å². The number of hydrogen-bond acceptors (Lipinski definition) is 8. The minimum Gasteiger partial charge on any atom is -0.497 e. The Bertz CT molecular complexity index is 924. The minimum absolute atomic E-state index is 0.0550. The number of aliphatic imine (C=N–C) groups is 1. The molecule has 0 aromatic heterocycles. The van der Waals surface area contributed by atoms with E-state index in [1.165, 1.54) is 0 Å². The maximum Gasteiger partial charge on any atom is 0.293 e. The van der Waals surface area contributed by atoms with Gasteiger partial charge in [0, 0.05) is 11.5 Å². The molecule has 1 heterocycles. The summed E-state index contributed by atoms with van der Waals surface area (Å²) in [6, 6.07) is 9.94. The largest absolute Gasteiger partial charge is 0.497 e. The van der Waals surface area contributed by atoms with Crippen molar-refractivity contribution >= 4 is 5.84 Å². The third kappa shape index (κ3) is 3.05. The van der Waals surface area contributed by atoms with Crippen LogP contribution in [0, 0.1) is 33.5 Å². The Labute approximate surface area is 183 Å². The summed E-state index contributed by atoms with van der Waals surface area (Å²) in [4.78, 5) is 4.49. The molecule has 0 bridgehead atoms. The number of benzene rings is 1. The fraction of sp³-hybridized carbons (Fsp3) is 0.609. The zero-order chi connectivity index (χ0) is 22.7. The molecule has 1 aromatic rings. The number of unbranched alkanes of at least 4 members (excludes halogenated alkanes) is 2. The first-order valence-electron chi connectivity index (χ1n) is 10.7.